The Bertz CT molecular complexity index is 1030. The summed E-state index contributed by atoms with van der Waals surface area (Å²) in [7, 11) is 0. The molecule has 0 unspecified atom stereocenters. The molecule has 0 heterocycles. The monoisotopic (exact) mass is 522 g/mol. The molecule has 0 fully saturated rings. The molecule has 38 heavy (non-hydrogen) atoms. The topological polar surface area (TPSA) is 55.4 Å². The maximum Gasteiger partial charge on any atom is 0.126 e. The predicted octanol–water partition coefficient (Wildman–Crippen LogP) is 6.09. The second-order valence-electron chi connectivity index (χ2n) is 9.12. The van der Waals surface area contributed by atoms with Gasteiger partial charge in [-0.25, -0.2) is 0 Å². The molecule has 0 aliphatic carbocycles. The molecule has 3 aromatic carbocycles. The summed E-state index contributed by atoms with van der Waals surface area (Å²) in [5.41, 5.74) is 5.98. The lowest BCUT2D eigenvalue weighted by molar-refractivity contribution is 0.0295. The van der Waals surface area contributed by atoms with Gasteiger partial charge in [0, 0.05) is 6.07 Å². The van der Waals surface area contributed by atoms with Crippen molar-refractivity contribution in [3.05, 3.63) is 94.5 Å². The zero-order valence-electron chi connectivity index (χ0n) is 23.1. The highest BCUT2D eigenvalue weighted by Crippen LogP contribution is 2.25. The van der Waals surface area contributed by atoms with E-state index in [1.54, 1.807) is 0 Å². The van der Waals surface area contributed by atoms with E-state index in [1.165, 1.54) is 22.3 Å². The quantitative estimate of drug-likeness (QED) is 0.178. The molecule has 6 heteroatoms. The zero-order chi connectivity index (χ0) is 26.8. The first kappa shape index (κ1) is 29.7. The number of hydrogen-bond acceptors (Lipinski definition) is 6. The van der Waals surface area contributed by atoms with Gasteiger partial charge < -0.3 is 28.4 Å². The molecule has 3 rings (SSSR count). The Labute approximate surface area is 227 Å². The molecule has 0 radical (unpaired) electrons. The molecule has 0 amide bonds. The van der Waals surface area contributed by atoms with Crippen molar-refractivity contribution >= 4 is 0 Å². The molecular formula is C32H42O6. The first-order chi connectivity index (χ1) is 18.6. The molecule has 0 spiro atoms. The molecule has 0 atom stereocenters. The minimum atomic E-state index is 0.467. The largest absolute Gasteiger partial charge is 0.491 e. The highest BCUT2D eigenvalue weighted by atomic mass is 16.6. The summed E-state index contributed by atoms with van der Waals surface area (Å²) >= 11 is 0. The fourth-order valence-electron chi connectivity index (χ4n) is 3.67. The number of aryl methyl sites for hydroxylation is 3. The van der Waals surface area contributed by atoms with E-state index in [0.29, 0.717) is 66.1 Å². The maximum atomic E-state index is 5.98. The minimum Gasteiger partial charge on any atom is -0.491 e. The molecule has 0 saturated heterocycles. The van der Waals surface area contributed by atoms with Crippen molar-refractivity contribution in [2.24, 2.45) is 0 Å². The van der Waals surface area contributed by atoms with E-state index >= 15 is 0 Å². The Balaban J connectivity index is 1.23. The number of hydrogen-bond donors (Lipinski definition) is 0. The van der Waals surface area contributed by atoms with Crippen LogP contribution in [0.25, 0.3) is 0 Å². The van der Waals surface area contributed by atoms with Crippen molar-refractivity contribution < 1.29 is 28.4 Å². The van der Waals surface area contributed by atoms with E-state index in [1.807, 2.05) is 18.2 Å². The van der Waals surface area contributed by atoms with Gasteiger partial charge in [0.25, 0.3) is 0 Å². The Morgan fingerprint density at radius 3 is 1.50 bits per heavy atom. The van der Waals surface area contributed by atoms with E-state index in [0.717, 1.165) is 23.5 Å². The summed E-state index contributed by atoms with van der Waals surface area (Å²) in [6, 6.07) is 22.7. The van der Waals surface area contributed by atoms with Crippen LogP contribution in [-0.2, 0) is 38.6 Å². The van der Waals surface area contributed by atoms with Crippen molar-refractivity contribution in [2.75, 3.05) is 52.9 Å². The van der Waals surface area contributed by atoms with Gasteiger partial charge in [-0.1, -0.05) is 72.6 Å². The summed E-state index contributed by atoms with van der Waals surface area (Å²) in [5, 5.41) is 0. The van der Waals surface area contributed by atoms with Gasteiger partial charge in [-0.15, -0.1) is 0 Å². The van der Waals surface area contributed by atoms with Gasteiger partial charge in [-0.2, -0.15) is 0 Å². The normalized spacial score (nSPS) is 11.0. The van der Waals surface area contributed by atoms with Crippen LogP contribution in [0.1, 0.15) is 34.7 Å². The van der Waals surface area contributed by atoms with Crippen LogP contribution in [0.15, 0.2) is 66.7 Å². The molecule has 0 aliphatic heterocycles. The molecule has 0 aromatic heterocycles. The number of rotatable bonds is 19. The van der Waals surface area contributed by atoms with Crippen LogP contribution >= 0.6 is 0 Å². The fraction of sp³-hybridized carbons (Fsp3) is 0.438. The van der Waals surface area contributed by atoms with Crippen LogP contribution in [0, 0.1) is 13.8 Å². The molecule has 3 aromatic rings. The van der Waals surface area contributed by atoms with E-state index in [4.69, 9.17) is 28.4 Å². The van der Waals surface area contributed by atoms with E-state index < -0.39 is 0 Å². The van der Waals surface area contributed by atoms with Crippen molar-refractivity contribution in [1.29, 1.82) is 0 Å². The fourth-order valence-corrected chi connectivity index (χ4v) is 3.67. The van der Waals surface area contributed by atoms with Gasteiger partial charge >= 0.3 is 0 Å². The molecular weight excluding hydrogens is 480 g/mol. The van der Waals surface area contributed by atoms with Crippen molar-refractivity contribution in [1.82, 2.24) is 0 Å². The standard InChI is InChI=1S/C32H42O6/c1-4-30-13-14-31(37-21-19-33-15-17-35-24-28-9-5-26(2)6-10-28)23-32(30)38-22-20-34-16-18-36-25-29-11-7-27(3)8-12-29/h5-14,23H,4,15-22,24-25H2,1-3H3. The van der Waals surface area contributed by atoms with Crippen molar-refractivity contribution in [2.45, 2.75) is 40.4 Å². The van der Waals surface area contributed by atoms with Crippen LogP contribution in [0.3, 0.4) is 0 Å². The van der Waals surface area contributed by atoms with Crippen molar-refractivity contribution in [3.8, 4) is 11.5 Å². The molecule has 0 bridgehead atoms. The lowest BCUT2D eigenvalue weighted by atomic mass is 10.1. The maximum absolute atomic E-state index is 5.98. The summed E-state index contributed by atoms with van der Waals surface area (Å²) < 4.78 is 34.5. The van der Waals surface area contributed by atoms with E-state index in [-0.39, 0.29) is 0 Å². The van der Waals surface area contributed by atoms with E-state index in [2.05, 4.69) is 69.3 Å². The Hall–Kier alpha value is -2.90. The van der Waals surface area contributed by atoms with Crippen LogP contribution in [0.5, 0.6) is 11.5 Å². The molecule has 6 nitrogen and oxygen atoms in total. The lowest BCUT2D eigenvalue weighted by Gasteiger charge is -2.14. The minimum absolute atomic E-state index is 0.467. The van der Waals surface area contributed by atoms with Crippen LogP contribution < -0.4 is 9.47 Å². The average Bonchev–Trinajstić information content (AvgIpc) is 2.93. The van der Waals surface area contributed by atoms with Gasteiger partial charge in [-0.3, -0.25) is 0 Å². The highest BCUT2D eigenvalue weighted by molar-refractivity contribution is 5.40. The molecule has 0 N–H and O–H groups in total. The predicted molar refractivity (Wildman–Crippen MR) is 150 cm³/mol. The summed E-state index contributed by atoms with van der Waals surface area (Å²) in [4.78, 5) is 0. The second kappa shape index (κ2) is 17.6. The third-order valence-electron chi connectivity index (χ3n) is 5.92. The molecule has 0 aliphatic rings. The lowest BCUT2D eigenvalue weighted by Crippen LogP contribution is -2.12. The number of benzene rings is 3. The second-order valence-corrected chi connectivity index (χ2v) is 9.12. The Morgan fingerprint density at radius 1 is 0.500 bits per heavy atom. The highest BCUT2D eigenvalue weighted by Gasteiger charge is 2.06. The van der Waals surface area contributed by atoms with Crippen LogP contribution in [0.4, 0.5) is 0 Å². The van der Waals surface area contributed by atoms with Crippen molar-refractivity contribution in [3.63, 3.8) is 0 Å². The Kier molecular flexibility index (Phi) is 13.7. The van der Waals surface area contributed by atoms with Crippen LogP contribution in [0.2, 0.25) is 0 Å². The molecule has 206 valence electrons. The van der Waals surface area contributed by atoms with Gasteiger partial charge in [0.1, 0.15) is 24.7 Å². The van der Waals surface area contributed by atoms with Gasteiger partial charge in [0.05, 0.1) is 52.9 Å². The summed E-state index contributed by atoms with van der Waals surface area (Å²) in [6.07, 6.45) is 0.884. The first-order valence-corrected chi connectivity index (χ1v) is 13.4. The number of ether oxygens (including phenoxy) is 6. The van der Waals surface area contributed by atoms with Gasteiger partial charge in [-0.05, 0) is 43.0 Å². The van der Waals surface area contributed by atoms with Gasteiger partial charge in [0.2, 0.25) is 0 Å². The third kappa shape index (κ3) is 11.7. The van der Waals surface area contributed by atoms with E-state index in [9.17, 15) is 0 Å². The SMILES string of the molecule is CCc1ccc(OCCOCCOCc2ccc(C)cc2)cc1OCCOCCOCc1ccc(C)cc1. The summed E-state index contributed by atoms with van der Waals surface area (Å²) in [5.74, 6) is 1.59. The van der Waals surface area contributed by atoms with Gasteiger partial charge in [0.15, 0.2) is 0 Å². The smallest absolute Gasteiger partial charge is 0.126 e. The third-order valence-corrected chi connectivity index (χ3v) is 5.92. The Morgan fingerprint density at radius 2 is 0.974 bits per heavy atom. The first-order valence-electron chi connectivity index (χ1n) is 13.4. The average molecular weight is 523 g/mol. The molecule has 0 saturated carbocycles. The van der Waals surface area contributed by atoms with Crippen LogP contribution in [-0.4, -0.2) is 52.9 Å². The zero-order valence-corrected chi connectivity index (χ0v) is 23.1. The summed E-state index contributed by atoms with van der Waals surface area (Å²) in [6.45, 7) is 11.6.